The molecule has 2 amide bonds. The molecule has 0 saturated carbocycles. The summed E-state index contributed by atoms with van der Waals surface area (Å²) >= 11 is 0. The average molecular weight is 477 g/mol. The summed E-state index contributed by atoms with van der Waals surface area (Å²) in [6.07, 6.45) is 8.32. The van der Waals surface area contributed by atoms with Crippen LogP contribution in [0.2, 0.25) is 0 Å². The Kier molecular flexibility index (Phi) is 8.57. The van der Waals surface area contributed by atoms with E-state index < -0.39 is 35.0 Å². The highest BCUT2D eigenvalue weighted by Gasteiger charge is 2.78. The van der Waals surface area contributed by atoms with E-state index in [4.69, 9.17) is 9.47 Å². The predicted molar refractivity (Wildman–Crippen MR) is 128 cm³/mol. The number of hydrogen-bond donors (Lipinski definition) is 1. The highest BCUT2D eigenvalue weighted by Crippen LogP contribution is 2.63. The monoisotopic (exact) mass is 476 g/mol. The minimum Gasteiger partial charge on any atom is -0.461 e. The number of unbranched alkanes of at least 4 members (excludes halogenated alkanes) is 3. The molecule has 8 nitrogen and oxygen atoms in total. The molecule has 3 saturated heterocycles. The van der Waals surface area contributed by atoms with Crippen LogP contribution in [0, 0.1) is 11.8 Å². The molecule has 8 heteroatoms. The molecule has 5 atom stereocenters. The zero-order valence-corrected chi connectivity index (χ0v) is 20.7. The number of aliphatic hydroxyl groups is 1. The number of rotatable bonds is 14. The average Bonchev–Trinajstić information content (AvgIpc) is 3.38. The van der Waals surface area contributed by atoms with Crippen molar-refractivity contribution in [2.75, 3.05) is 32.8 Å². The molecule has 1 N–H and O–H groups in total. The van der Waals surface area contributed by atoms with Crippen LogP contribution < -0.4 is 0 Å². The third-order valence-corrected chi connectivity index (χ3v) is 7.61. The fraction of sp³-hybridized carbons (Fsp3) is 0.731. The first-order valence-corrected chi connectivity index (χ1v) is 12.6. The topological polar surface area (TPSA) is 96.4 Å². The molecule has 34 heavy (non-hydrogen) atoms. The van der Waals surface area contributed by atoms with Gasteiger partial charge in [0.25, 0.3) is 0 Å². The maximum atomic E-state index is 14.0. The van der Waals surface area contributed by atoms with Crippen molar-refractivity contribution in [3.05, 3.63) is 25.3 Å². The molecule has 1 spiro atoms. The van der Waals surface area contributed by atoms with Crippen molar-refractivity contribution in [3.8, 4) is 0 Å². The number of nitrogens with zero attached hydrogens (tertiary/aromatic N) is 2. The molecule has 3 aliphatic rings. The van der Waals surface area contributed by atoms with Crippen LogP contribution >= 0.6 is 0 Å². The molecule has 3 heterocycles. The first-order chi connectivity index (χ1) is 16.3. The second-order valence-electron chi connectivity index (χ2n) is 9.89. The first-order valence-electron chi connectivity index (χ1n) is 12.6. The smallest absolute Gasteiger partial charge is 0.313 e. The molecule has 0 radical (unpaired) electrons. The van der Waals surface area contributed by atoms with E-state index in [0.29, 0.717) is 45.3 Å². The van der Waals surface area contributed by atoms with Crippen molar-refractivity contribution < 1.29 is 29.0 Å². The van der Waals surface area contributed by atoms with Gasteiger partial charge in [-0.05, 0) is 39.0 Å². The third kappa shape index (κ3) is 4.54. The highest BCUT2D eigenvalue weighted by molar-refractivity contribution is 5.98. The van der Waals surface area contributed by atoms with Gasteiger partial charge >= 0.3 is 5.97 Å². The van der Waals surface area contributed by atoms with Crippen LogP contribution in [0.3, 0.4) is 0 Å². The van der Waals surface area contributed by atoms with Crippen molar-refractivity contribution in [1.29, 1.82) is 0 Å². The van der Waals surface area contributed by atoms with Gasteiger partial charge in [0.15, 0.2) is 0 Å². The SMILES string of the molecule is C=CCOC(=O)[C@@H]1[C@H]2C(=O)N(CCCCO)C(C(=O)N(CC=C)CCCCC)C23CC[C@@]1(C)O3. The maximum absolute atomic E-state index is 14.0. The molecule has 190 valence electrons. The summed E-state index contributed by atoms with van der Waals surface area (Å²) < 4.78 is 11.9. The van der Waals surface area contributed by atoms with Crippen molar-refractivity contribution >= 4 is 17.8 Å². The maximum Gasteiger partial charge on any atom is 0.313 e. The number of hydrogen-bond acceptors (Lipinski definition) is 6. The first kappa shape index (κ1) is 26.4. The molecule has 2 bridgehead atoms. The number of ether oxygens (including phenoxy) is 2. The molecule has 0 aromatic carbocycles. The number of likely N-dealkylation sites (tertiary alicyclic amines) is 1. The van der Waals surface area contributed by atoms with E-state index in [1.807, 2.05) is 6.92 Å². The molecule has 0 aromatic heterocycles. The minimum atomic E-state index is -1.05. The Morgan fingerprint density at radius 1 is 1.24 bits per heavy atom. The van der Waals surface area contributed by atoms with Gasteiger partial charge in [-0.3, -0.25) is 14.4 Å². The van der Waals surface area contributed by atoms with E-state index in [1.165, 1.54) is 6.08 Å². The van der Waals surface area contributed by atoms with Crippen molar-refractivity contribution in [2.45, 2.75) is 76.0 Å². The lowest BCUT2D eigenvalue weighted by molar-refractivity contribution is -0.159. The van der Waals surface area contributed by atoms with E-state index >= 15 is 0 Å². The van der Waals surface area contributed by atoms with Gasteiger partial charge in [-0.25, -0.2) is 0 Å². The zero-order valence-electron chi connectivity index (χ0n) is 20.7. The van der Waals surface area contributed by atoms with Gasteiger partial charge in [-0.2, -0.15) is 0 Å². The van der Waals surface area contributed by atoms with Crippen LogP contribution in [0.4, 0.5) is 0 Å². The molecule has 3 aliphatic heterocycles. The molecular weight excluding hydrogens is 436 g/mol. The fourth-order valence-electron chi connectivity index (χ4n) is 6.10. The Labute approximate surface area is 202 Å². The van der Waals surface area contributed by atoms with Gasteiger partial charge in [0, 0.05) is 26.2 Å². The number of carbonyl (C=O) groups excluding carboxylic acids is 3. The lowest BCUT2D eigenvalue weighted by Crippen LogP contribution is -2.56. The predicted octanol–water partition coefficient (Wildman–Crippen LogP) is 2.46. The van der Waals surface area contributed by atoms with Crippen LogP contribution in [0.15, 0.2) is 25.3 Å². The normalized spacial score (nSPS) is 31.4. The summed E-state index contributed by atoms with van der Waals surface area (Å²) in [6, 6.07) is -0.802. The van der Waals surface area contributed by atoms with Crippen LogP contribution in [0.1, 0.15) is 58.8 Å². The summed E-state index contributed by atoms with van der Waals surface area (Å²) in [7, 11) is 0. The second kappa shape index (κ2) is 11.0. The third-order valence-electron chi connectivity index (χ3n) is 7.61. The largest absolute Gasteiger partial charge is 0.461 e. The number of amides is 2. The van der Waals surface area contributed by atoms with Crippen LogP contribution in [0.5, 0.6) is 0 Å². The van der Waals surface area contributed by atoms with Gasteiger partial charge in [0.05, 0.1) is 11.5 Å². The van der Waals surface area contributed by atoms with E-state index in [1.54, 1.807) is 15.9 Å². The number of carbonyl (C=O) groups is 3. The second-order valence-corrected chi connectivity index (χ2v) is 9.89. The Morgan fingerprint density at radius 2 is 2.00 bits per heavy atom. The van der Waals surface area contributed by atoms with E-state index in [2.05, 4.69) is 20.1 Å². The van der Waals surface area contributed by atoms with Crippen LogP contribution in [-0.2, 0) is 23.9 Å². The summed E-state index contributed by atoms with van der Waals surface area (Å²) in [4.78, 5) is 44.3. The molecule has 2 unspecified atom stereocenters. The lowest BCUT2D eigenvalue weighted by Gasteiger charge is -2.37. The lowest BCUT2D eigenvalue weighted by atomic mass is 9.66. The van der Waals surface area contributed by atoms with Crippen molar-refractivity contribution in [2.24, 2.45) is 11.8 Å². The summed E-state index contributed by atoms with van der Waals surface area (Å²) in [5.41, 5.74) is -1.90. The van der Waals surface area contributed by atoms with Gasteiger partial charge in [0.2, 0.25) is 11.8 Å². The fourth-order valence-corrected chi connectivity index (χ4v) is 6.10. The number of fused-ring (bicyclic) bond motifs is 1. The summed E-state index contributed by atoms with van der Waals surface area (Å²) in [5, 5.41) is 9.27. The molecule has 0 aliphatic carbocycles. The molecule has 3 rings (SSSR count). The molecule has 0 aromatic rings. The van der Waals surface area contributed by atoms with Gasteiger partial charge in [-0.1, -0.05) is 38.5 Å². The van der Waals surface area contributed by atoms with E-state index in [9.17, 15) is 19.5 Å². The minimum absolute atomic E-state index is 0.0138. The Bertz CT molecular complexity index is 800. The van der Waals surface area contributed by atoms with E-state index in [0.717, 1.165) is 19.3 Å². The summed E-state index contributed by atoms with van der Waals surface area (Å²) in [5.74, 6) is -2.38. The summed E-state index contributed by atoms with van der Waals surface area (Å²) in [6.45, 7) is 12.8. The van der Waals surface area contributed by atoms with E-state index in [-0.39, 0.29) is 25.0 Å². The Balaban J connectivity index is 1.98. The Morgan fingerprint density at radius 3 is 2.65 bits per heavy atom. The van der Waals surface area contributed by atoms with Gasteiger partial charge < -0.3 is 24.4 Å². The van der Waals surface area contributed by atoms with Gasteiger partial charge in [0.1, 0.15) is 24.2 Å². The Hall–Kier alpha value is -2.19. The number of esters is 1. The number of aliphatic hydroxyl groups excluding tert-OH is 1. The highest BCUT2D eigenvalue weighted by atomic mass is 16.6. The molecular formula is C26H40N2O6. The van der Waals surface area contributed by atoms with Crippen LogP contribution in [-0.4, -0.2) is 82.8 Å². The van der Waals surface area contributed by atoms with Crippen LogP contribution in [0.25, 0.3) is 0 Å². The van der Waals surface area contributed by atoms with Crippen molar-refractivity contribution in [3.63, 3.8) is 0 Å². The molecule has 3 fully saturated rings. The zero-order chi connectivity index (χ0) is 24.9. The quantitative estimate of drug-likeness (QED) is 0.235. The standard InChI is InChI=1S/C26H40N2O6/c1-5-8-9-15-27(14-6-2)23(31)21-26-13-12-25(4,34-26)20(24(32)33-18-7-3)19(26)22(30)28(21)16-10-11-17-29/h6-7,19-21,29H,2-3,5,8-18H2,1,4H3/t19-,20-,21?,25+,26?/m0/s1. The van der Waals surface area contributed by atoms with Gasteiger partial charge in [-0.15, -0.1) is 6.58 Å². The van der Waals surface area contributed by atoms with Crippen molar-refractivity contribution in [1.82, 2.24) is 9.80 Å².